The molecule has 2 amide bonds. The highest BCUT2D eigenvalue weighted by molar-refractivity contribution is 5.86. The summed E-state index contributed by atoms with van der Waals surface area (Å²) in [5, 5.41) is 2.83. The molecule has 0 atom stereocenters. The minimum absolute atomic E-state index is 0.0593. The van der Waals surface area contributed by atoms with Gasteiger partial charge in [0, 0.05) is 18.5 Å². The van der Waals surface area contributed by atoms with Crippen molar-refractivity contribution in [3.8, 4) is 0 Å². The molecular formula is C14H26N2O2. The van der Waals surface area contributed by atoms with Crippen molar-refractivity contribution in [1.29, 1.82) is 0 Å². The van der Waals surface area contributed by atoms with Crippen molar-refractivity contribution in [3.05, 3.63) is 0 Å². The number of nitrogens with zero attached hydrogens (tertiary/aromatic N) is 1. The largest absolute Gasteiger partial charge is 0.352 e. The maximum atomic E-state index is 12.3. The van der Waals surface area contributed by atoms with Crippen molar-refractivity contribution in [2.45, 2.75) is 58.9 Å². The van der Waals surface area contributed by atoms with Crippen LogP contribution in [0.2, 0.25) is 0 Å². The smallest absolute Gasteiger partial charge is 0.239 e. The van der Waals surface area contributed by atoms with E-state index < -0.39 is 0 Å². The van der Waals surface area contributed by atoms with E-state index >= 15 is 0 Å². The predicted molar refractivity (Wildman–Crippen MR) is 72.1 cm³/mol. The van der Waals surface area contributed by atoms with Crippen LogP contribution in [0, 0.1) is 5.92 Å². The van der Waals surface area contributed by atoms with E-state index in [2.05, 4.69) is 5.32 Å². The van der Waals surface area contributed by atoms with Gasteiger partial charge in [-0.25, -0.2) is 0 Å². The molecule has 104 valence electrons. The van der Waals surface area contributed by atoms with Crippen LogP contribution in [0.3, 0.4) is 0 Å². The molecule has 0 radical (unpaired) electrons. The van der Waals surface area contributed by atoms with E-state index in [1.54, 1.807) is 4.90 Å². The molecule has 0 aromatic heterocycles. The number of nitrogens with one attached hydrogen (secondary N) is 1. The Morgan fingerprint density at radius 1 is 1.22 bits per heavy atom. The molecule has 4 nitrogen and oxygen atoms in total. The highest BCUT2D eigenvalue weighted by Crippen LogP contribution is 2.25. The van der Waals surface area contributed by atoms with Gasteiger partial charge >= 0.3 is 0 Å². The normalized spacial score (nSPS) is 16.7. The molecule has 0 saturated heterocycles. The van der Waals surface area contributed by atoms with Gasteiger partial charge in [0.05, 0.1) is 6.54 Å². The fourth-order valence-corrected chi connectivity index (χ4v) is 2.49. The highest BCUT2D eigenvalue weighted by atomic mass is 16.2. The molecular weight excluding hydrogens is 228 g/mol. The zero-order chi connectivity index (χ0) is 13.5. The molecule has 1 aliphatic rings. The Kier molecular flexibility index (Phi) is 6.16. The summed E-state index contributed by atoms with van der Waals surface area (Å²) in [6.07, 6.45) is 5.50. The van der Waals surface area contributed by atoms with Crippen LogP contribution in [-0.4, -0.2) is 35.8 Å². The zero-order valence-corrected chi connectivity index (χ0v) is 11.9. The maximum absolute atomic E-state index is 12.3. The first kappa shape index (κ1) is 15.0. The lowest BCUT2D eigenvalue weighted by atomic mass is 9.88. The molecule has 4 heteroatoms. The van der Waals surface area contributed by atoms with Gasteiger partial charge in [0.2, 0.25) is 11.8 Å². The Hall–Kier alpha value is -1.06. The average molecular weight is 254 g/mol. The Bertz CT molecular complexity index is 284. The maximum Gasteiger partial charge on any atom is 0.239 e. The van der Waals surface area contributed by atoms with Gasteiger partial charge in [-0.2, -0.15) is 0 Å². The fraction of sp³-hybridized carbons (Fsp3) is 0.857. The monoisotopic (exact) mass is 254 g/mol. The zero-order valence-electron chi connectivity index (χ0n) is 11.9. The number of hydrogen-bond acceptors (Lipinski definition) is 2. The molecule has 0 aromatic carbocycles. The third-order valence-corrected chi connectivity index (χ3v) is 3.43. The molecule has 0 bridgehead atoms. The summed E-state index contributed by atoms with van der Waals surface area (Å²) < 4.78 is 0. The molecule has 1 rings (SSSR count). The van der Waals surface area contributed by atoms with Gasteiger partial charge in [0.15, 0.2) is 0 Å². The lowest BCUT2D eigenvalue weighted by molar-refractivity contribution is -0.140. The second-order valence-electron chi connectivity index (χ2n) is 5.41. The Labute approximate surface area is 110 Å². The van der Waals surface area contributed by atoms with Gasteiger partial charge in [0.1, 0.15) is 0 Å². The summed E-state index contributed by atoms with van der Waals surface area (Å²) in [5.41, 5.74) is 0. The summed E-state index contributed by atoms with van der Waals surface area (Å²) in [7, 11) is 0. The lowest BCUT2D eigenvalue weighted by Gasteiger charge is -2.28. The minimum atomic E-state index is -0.0593. The molecule has 0 aromatic rings. The lowest BCUT2D eigenvalue weighted by Crippen LogP contribution is -2.45. The predicted octanol–water partition coefficient (Wildman–Crippen LogP) is 1.94. The van der Waals surface area contributed by atoms with Crippen LogP contribution in [0.5, 0.6) is 0 Å². The minimum Gasteiger partial charge on any atom is -0.352 e. The quantitative estimate of drug-likeness (QED) is 0.815. The van der Waals surface area contributed by atoms with E-state index in [4.69, 9.17) is 0 Å². The van der Waals surface area contributed by atoms with Crippen LogP contribution in [0.4, 0.5) is 0 Å². The van der Waals surface area contributed by atoms with Crippen LogP contribution < -0.4 is 5.32 Å². The Morgan fingerprint density at radius 2 is 1.83 bits per heavy atom. The Morgan fingerprint density at radius 3 is 2.33 bits per heavy atom. The van der Waals surface area contributed by atoms with E-state index in [0.717, 1.165) is 25.7 Å². The van der Waals surface area contributed by atoms with Gasteiger partial charge in [-0.05, 0) is 33.6 Å². The van der Waals surface area contributed by atoms with Crippen LogP contribution in [0.1, 0.15) is 52.9 Å². The van der Waals surface area contributed by atoms with Gasteiger partial charge in [0.25, 0.3) is 0 Å². The first-order valence-corrected chi connectivity index (χ1v) is 7.12. The fourth-order valence-electron chi connectivity index (χ4n) is 2.49. The number of rotatable bonds is 5. The van der Waals surface area contributed by atoms with Crippen molar-refractivity contribution in [2.75, 3.05) is 13.1 Å². The molecule has 0 aliphatic heterocycles. The first-order chi connectivity index (χ1) is 8.54. The first-order valence-electron chi connectivity index (χ1n) is 7.12. The van der Waals surface area contributed by atoms with E-state index in [-0.39, 0.29) is 30.3 Å². The third kappa shape index (κ3) is 4.67. The topological polar surface area (TPSA) is 49.4 Å². The number of carbonyl (C=O) groups is 2. The molecule has 1 fully saturated rings. The summed E-state index contributed by atoms with van der Waals surface area (Å²) in [4.78, 5) is 25.7. The molecule has 0 unspecified atom stereocenters. The number of amides is 2. The molecule has 0 heterocycles. The number of hydrogen-bond donors (Lipinski definition) is 1. The SMILES string of the molecule is CCN(CC(=O)NC(C)C)C(=O)C1CCCCC1. The number of carbonyl (C=O) groups excluding carboxylic acids is 2. The summed E-state index contributed by atoms with van der Waals surface area (Å²) in [5.74, 6) is 0.248. The van der Waals surface area contributed by atoms with E-state index in [1.807, 2.05) is 20.8 Å². The van der Waals surface area contributed by atoms with Gasteiger partial charge in [-0.1, -0.05) is 19.3 Å². The van der Waals surface area contributed by atoms with Crippen LogP contribution in [0.25, 0.3) is 0 Å². The molecule has 1 N–H and O–H groups in total. The molecule has 1 saturated carbocycles. The molecule has 0 spiro atoms. The molecule has 18 heavy (non-hydrogen) atoms. The Balaban J connectivity index is 2.48. The van der Waals surface area contributed by atoms with Crippen LogP contribution in [-0.2, 0) is 9.59 Å². The second kappa shape index (κ2) is 7.39. The molecule has 1 aliphatic carbocycles. The summed E-state index contributed by atoms with van der Waals surface area (Å²) in [6.45, 7) is 6.60. The van der Waals surface area contributed by atoms with Crippen LogP contribution in [0.15, 0.2) is 0 Å². The number of likely N-dealkylation sites (N-methyl/N-ethyl adjacent to an activating group) is 1. The van der Waals surface area contributed by atoms with Gasteiger partial charge in [-0.3, -0.25) is 9.59 Å². The van der Waals surface area contributed by atoms with Crippen molar-refractivity contribution in [2.24, 2.45) is 5.92 Å². The van der Waals surface area contributed by atoms with Crippen molar-refractivity contribution >= 4 is 11.8 Å². The van der Waals surface area contributed by atoms with Crippen molar-refractivity contribution in [1.82, 2.24) is 10.2 Å². The van der Waals surface area contributed by atoms with E-state index in [0.29, 0.717) is 6.54 Å². The summed E-state index contributed by atoms with van der Waals surface area (Å²) in [6, 6.07) is 0.126. The van der Waals surface area contributed by atoms with E-state index in [9.17, 15) is 9.59 Å². The summed E-state index contributed by atoms with van der Waals surface area (Å²) >= 11 is 0. The second-order valence-corrected chi connectivity index (χ2v) is 5.41. The average Bonchev–Trinajstić information content (AvgIpc) is 2.35. The van der Waals surface area contributed by atoms with Crippen molar-refractivity contribution < 1.29 is 9.59 Å². The third-order valence-electron chi connectivity index (χ3n) is 3.43. The van der Waals surface area contributed by atoms with Crippen molar-refractivity contribution in [3.63, 3.8) is 0 Å². The van der Waals surface area contributed by atoms with E-state index in [1.165, 1.54) is 6.42 Å². The van der Waals surface area contributed by atoms with Gasteiger partial charge < -0.3 is 10.2 Å². The van der Waals surface area contributed by atoms with Crippen LogP contribution >= 0.6 is 0 Å². The van der Waals surface area contributed by atoms with Gasteiger partial charge in [-0.15, -0.1) is 0 Å². The highest BCUT2D eigenvalue weighted by Gasteiger charge is 2.26. The standard InChI is InChI=1S/C14H26N2O2/c1-4-16(10-13(17)15-11(2)3)14(18)12-8-6-5-7-9-12/h11-12H,4-10H2,1-3H3,(H,15,17).